The van der Waals surface area contributed by atoms with E-state index in [9.17, 15) is 4.79 Å². The molecule has 0 unspecified atom stereocenters. The summed E-state index contributed by atoms with van der Waals surface area (Å²) in [5, 5.41) is 17.7. The third-order valence-electron chi connectivity index (χ3n) is 2.50. The minimum absolute atomic E-state index is 0.0189. The van der Waals surface area contributed by atoms with E-state index >= 15 is 0 Å². The van der Waals surface area contributed by atoms with Gasteiger partial charge in [0.25, 0.3) is 0 Å². The van der Waals surface area contributed by atoms with Crippen LogP contribution in [0, 0.1) is 22.7 Å². The van der Waals surface area contributed by atoms with Crippen molar-refractivity contribution in [3.05, 3.63) is 45.4 Å². The van der Waals surface area contributed by atoms with E-state index in [2.05, 4.69) is 15.9 Å². The Labute approximate surface area is 106 Å². The quantitative estimate of drug-likeness (QED) is 0.588. The van der Waals surface area contributed by atoms with Crippen LogP contribution in [0.25, 0.3) is 11.1 Å². The van der Waals surface area contributed by atoms with E-state index in [0.29, 0.717) is 11.1 Å². The lowest BCUT2D eigenvalue weighted by molar-refractivity contribution is -0.103. The van der Waals surface area contributed by atoms with Gasteiger partial charge in [-0.05, 0) is 29.3 Å². The summed E-state index contributed by atoms with van der Waals surface area (Å²) in [7, 11) is 0. The number of halogens is 1. The van der Waals surface area contributed by atoms with Crippen LogP contribution in [0.5, 0.6) is 0 Å². The minimum atomic E-state index is 0.0189. The van der Waals surface area contributed by atoms with Crippen molar-refractivity contribution in [2.24, 2.45) is 0 Å². The zero-order chi connectivity index (χ0) is 12.4. The Balaban J connectivity index is 2.78. The Hall–Kier alpha value is -2.17. The Bertz CT molecular complexity index is 641. The van der Waals surface area contributed by atoms with Gasteiger partial charge in [-0.15, -0.1) is 0 Å². The van der Waals surface area contributed by atoms with Crippen LogP contribution in [0.4, 0.5) is 0 Å². The van der Waals surface area contributed by atoms with Gasteiger partial charge in [0.2, 0.25) is 0 Å². The average Bonchev–Trinajstić information content (AvgIpc) is 2.69. The molecule has 0 fully saturated rings. The highest BCUT2D eigenvalue weighted by atomic mass is 79.9. The van der Waals surface area contributed by atoms with Gasteiger partial charge >= 0.3 is 0 Å². The van der Waals surface area contributed by atoms with E-state index in [1.54, 1.807) is 18.2 Å². The number of nitrogens with zero attached hydrogens (tertiary/aromatic N) is 2. The van der Waals surface area contributed by atoms with Crippen LogP contribution in [0.15, 0.2) is 34.3 Å². The van der Waals surface area contributed by atoms with E-state index in [1.165, 1.54) is 0 Å². The molecule has 1 aromatic carbocycles. The minimum Gasteiger partial charge on any atom is -0.298 e. The van der Waals surface area contributed by atoms with Gasteiger partial charge in [-0.25, -0.2) is 0 Å². The Morgan fingerprint density at radius 1 is 1.24 bits per heavy atom. The van der Waals surface area contributed by atoms with Gasteiger partial charge in [0, 0.05) is 15.6 Å². The van der Waals surface area contributed by atoms with Crippen molar-refractivity contribution < 1.29 is 4.79 Å². The molecule has 0 saturated carbocycles. The number of allylic oxidation sites excluding steroid dienone is 4. The molecular weight excluding hydrogens is 280 g/mol. The van der Waals surface area contributed by atoms with Crippen molar-refractivity contribution in [3.63, 3.8) is 0 Å². The normalized spacial score (nSPS) is 12.2. The lowest BCUT2D eigenvalue weighted by Crippen LogP contribution is -1.87. The molecule has 0 atom stereocenters. The van der Waals surface area contributed by atoms with E-state index in [1.807, 2.05) is 18.2 Å². The number of benzene rings is 1. The molecule has 0 saturated heterocycles. The van der Waals surface area contributed by atoms with Gasteiger partial charge < -0.3 is 0 Å². The SMILES string of the molecule is N#CC(C#N)=C1C=C(C=O)c2cc(Br)ccc21. The van der Waals surface area contributed by atoms with Crippen LogP contribution in [0.3, 0.4) is 0 Å². The van der Waals surface area contributed by atoms with Gasteiger partial charge in [-0.2, -0.15) is 10.5 Å². The Morgan fingerprint density at radius 2 is 1.94 bits per heavy atom. The number of hydrogen-bond donors (Lipinski definition) is 0. The van der Waals surface area contributed by atoms with Gasteiger partial charge in [-0.1, -0.05) is 22.0 Å². The van der Waals surface area contributed by atoms with Gasteiger partial charge in [0.15, 0.2) is 6.29 Å². The molecule has 0 radical (unpaired) electrons. The van der Waals surface area contributed by atoms with Crippen molar-refractivity contribution in [2.75, 3.05) is 0 Å². The first-order valence-electron chi connectivity index (χ1n) is 4.73. The maximum absolute atomic E-state index is 11.0. The van der Waals surface area contributed by atoms with Crippen LogP contribution in [0.2, 0.25) is 0 Å². The van der Waals surface area contributed by atoms with E-state index in [4.69, 9.17) is 10.5 Å². The molecule has 4 heteroatoms. The standard InChI is InChI=1S/C13H5BrN2O/c14-10-1-2-11-12(9(5-15)6-16)3-8(7-17)13(11)4-10/h1-4,7H. The monoisotopic (exact) mass is 284 g/mol. The second-order valence-electron chi connectivity index (χ2n) is 3.42. The topological polar surface area (TPSA) is 64.7 Å². The molecule has 17 heavy (non-hydrogen) atoms. The number of rotatable bonds is 1. The third-order valence-corrected chi connectivity index (χ3v) is 3.00. The van der Waals surface area contributed by atoms with Crippen LogP contribution in [-0.2, 0) is 4.79 Å². The lowest BCUT2D eigenvalue weighted by atomic mass is 10.0. The predicted molar refractivity (Wildman–Crippen MR) is 66.3 cm³/mol. The van der Waals surface area contributed by atoms with Crippen molar-refractivity contribution in [2.45, 2.75) is 0 Å². The number of nitriles is 2. The Kier molecular flexibility index (Phi) is 2.91. The highest BCUT2D eigenvalue weighted by Crippen LogP contribution is 2.37. The highest BCUT2D eigenvalue weighted by Gasteiger charge is 2.21. The molecule has 0 aromatic heterocycles. The summed E-state index contributed by atoms with van der Waals surface area (Å²) < 4.78 is 0.848. The number of fused-ring (bicyclic) bond motifs is 1. The number of carbonyl (C=O) groups excluding carboxylic acids is 1. The predicted octanol–water partition coefficient (Wildman–Crippen LogP) is 2.85. The smallest absolute Gasteiger partial charge is 0.150 e. The molecule has 0 heterocycles. The molecule has 0 amide bonds. The Morgan fingerprint density at radius 3 is 2.53 bits per heavy atom. The van der Waals surface area contributed by atoms with Crippen molar-refractivity contribution >= 4 is 33.4 Å². The van der Waals surface area contributed by atoms with Crippen molar-refractivity contribution in [3.8, 4) is 12.1 Å². The maximum atomic E-state index is 11.0. The lowest BCUT2D eigenvalue weighted by Gasteiger charge is -2.02. The van der Waals surface area contributed by atoms with Crippen molar-refractivity contribution in [1.82, 2.24) is 0 Å². The van der Waals surface area contributed by atoms with Crippen LogP contribution in [0.1, 0.15) is 11.1 Å². The molecule has 0 N–H and O–H groups in total. The summed E-state index contributed by atoms with van der Waals surface area (Å²) in [5.41, 5.74) is 2.50. The number of aldehydes is 1. The fourth-order valence-electron chi connectivity index (χ4n) is 1.75. The fraction of sp³-hybridized carbons (Fsp3) is 0. The summed E-state index contributed by atoms with van der Waals surface area (Å²) in [4.78, 5) is 11.0. The van der Waals surface area contributed by atoms with Gasteiger partial charge in [0.05, 0.1) is 0 Å². The van der Waals surface area contributed by atoms with E-state index in [-0.39, 0.29) is 5.57 Å². The summed E-state index contributed by atoms with van der Waals surface area (Å²) >= 11 is 3.32. The van der Waals surface area contributed by atoms with Crippen LogP contribution < -0.4 is 0 Å². The number of hydrogen-bond acceptors (Lipinski definition) is 3. The molecule has 3 nitrogen and oxygen atoms in total. The summed E-state index contributed by atoms with van der Waals surface area (Å²) in [6.07, 6.45) is 2.30. The first-order valence-corrected chi connectivity index (χ1v) is 5.52. The molecule has 0 bridgehead atoms. The number of carbonyl (C=O) groups is 1. The van der Waals surface area contributed by atoms with Gasteiger partial charge in [0.1, 0.15) is 17.7 Å². The molecule has 0 aliphatic heterocycles. The first-order chi connectivity index (χ1) is 8.21. The molecule has 80 valence electrons. The summed E-state index contributed by atoms with van der Waals surface area (Å²) in [6.45, 7) is 0. The van der Waals surface area contributed by atoms with Crippen molar-refractivity contribution in [1.29, 1.82) is 10.5 Å². The zero-order valence-electron chi connectivity index (χ0n) is 8.57. The highest BCUT2D eigenvalue weighted by molar-refractivity contribution is 9.10. The third kappa shape index (κ3) is 1.80. The van der Waals surface area contributed by atoms with Crippen LogP contribution in [-0.4, -0.2) is 6.29 Å². The second-order valence-corrected chi connectivity index (χ2v) is 4.34. The van der Waals surface area contributed by atoms with E-state index < -0.39 is 0 Å². The first kappa shape index (κ1) is 11.3. The molecule has 1 aliphatic rings. The molecule has 1 aliphatic carbocycles. The summed E-state index contributed by atoms with van der Waals surface area (Å²) in [5.74, 6) is 0. The molecule has 0 spiro atoms. The second kappa shape index (κ2) is 4.37. The molecular formula is C13H5BrN2O. The molecule has 2 rings (SSSR count). The van der Waals surface area contributed by atoms with Crippen LogP contribution >= 0.6 is 15.9 Å². The zero-order valence-corrected chi connectivity index (χ0v) is 10.2. The summed E-state index contributed by atoms with van der Waals surface area (Å²) in [6, 6.07) is 9.08. The molecule has 1 aromatic rings. The maximum Gasteiger partial charge on any atom is 0.150 e. The average molecular weight is 285 g/mol. The van der Waals surface area contributed by atoms with E-state index in [0.717, 1.165) is 21.9 Å². The van der Waals surface area contributed by atoms with Gasteiger partial charge in [-0.3, -0.25) is 4.79 Å². The fourth-order valence-corrected chi connectivity index (χ4v) is 2.11. The largest absolute Gasteiger partial charge is 0.298 e.